The van der Waals surface area contributed by atoms with Crippen molar-refractivity contribution in [3.8, 4) is 11.4 Å². The number of nitrogens with zero attached hydrogens (tertiary/aromatic N) is 1. The molecule has 1 fully saturated rings. The highest BCUT2D eigenvalue weighted by atomic mass is 16.5. The van der Waals surface area contributed by atoms with Crippen LogP contribution in [0.25, 0.3) is 11.4 Å². The van der Waals surface area contributed by atoms with Crippen LogP contribution in [-0.2, 0) is 9.53 Å². The van der Waals surface area contributed by atoms with Gasteiger partial charge in [0, 0.05) is 30.2 Å². The topological polar surface area (TPSA) is 79.0 Å². The van der Waals surface area contributed by atoms with Gasteiger partial charge in [0.2, 0.25) is 5.91 Å². The van der Waals surface area contributed by atoms with Crippen molar-refractivity contribution in [2.75, 3.05) is 25.1 Å². The predicted octanol–water partition coefficient (Wildman–Crippen LogP) is 1.00. The third-order valence-corrected chi connectivity index (χ3v) is 3.14. The van der Waals surface area contributed by atoms with Crippen LogP contribution in [0.5, 0.6) is 0 Å². The lowest BCUT2D eigenvalue weighted by Gasteiger charge is -2.22. The molecule has 1 unspecified atom stereocenters. The summed E-state index contributed by atoms with van der Waals surface area (Å²) in [6.45, 7) is 1.76. The quantitative estimate of drug-likeness (QED) is 0.779. The fourth-order valence-corrected chi connectivity index (χ4v) is 2.13. The zero-order valence-electron chi connectivity index (χ0n) is 10.9. The molecule has 1 aliphatic heterocycles. The number of amides is 1. The van der Waals surface area contributed by atoms with Crippen LogP contribution in [0.15, 0.2) is 36.7 Å². The molecule has 0 spiro atoms. The van der Waals surface area contributed by atoms with Crippen LogP contribution in [0.2, 0.25) is 0 Å². The van der Waals surface area contributed by atoms with Crippen LogP contribution in [-0.4, -0.2) is 41.7 Å². The molecule has 104 valence electrons. The first kappa shape index (κ1) is 12.8. The summed E-state index contributed by atoms with van der Waals surface area (Å²) >= 11 is 0. The van der Waals surface area contributed by atoms with E-state index in [1.54, 1.807) is 12.4 Å². The number of morpholine rings is 1. The molecule has 0 bridgehead atoms. The molecule has 1 amide bonds. The zero-order valence-corrected chi connectivity index (χ0v) is 10.9. The lowest BCUT2D eigenvalue weighted by molar-refractivity contribution is -0.120. The van der Waals surface area contributed by atoms with Crippen molar-refractivity contribution in [1.82, 2.24) is 15.3 Å². The summed E-state index contributed by atoms with van der Waals surface area (Å²) in [5.41, 5.74) is 1.68. The highest BCUT2D eigenvalue weighted by Crippen LogP contribution is 2.19. The summed E-state index contributed by atoms with van der Waals surface area (Å²) in [5.74, 6) is 0.696. The van der Waals surface area contributed by atoms with E-state index in [9.17, 15) is 4.79 Å². The molecule has 1 aromatic carbocycles. The maximum Gasteiger partial charge on any atom is 0.243 e. The zero-order chi connectivity index (χ0) is 13.8. The van der Waals surface area contributed by atoms with E-state index in [-0.39, 0.29) is 11.9 Å². The second-order valence-electron chi connectivity index (χ2n) is 4.59. The summed E-state index contributed by atoms with van der Waals surface area (Å²) in [6.07, 6.45) is 3.47. The Hall–Kier alpha value is -2.18. The minimum Gasteiger partial charge on any atom is -0.378 e. The number of aromatic nitrogens is 2. The van der Waals surface area contributed by atoms with Crippen LogP contribution in [0.4, 0.5) is 5.69 Å². The number of imidazole rings is 1. The van der Waals surface area contributed by atoms with Gasteiger partial charge in [-0.15, -0.1) is 0 Å². The van der Waals surface area contributed by atoms with E-state index in [0.29, 0.717) is 19.8 Å². The molecule has 1 saturated heterocycles. The van der Waals surface area contributed by atoms with Gasteiger partial charge in [0.05, 0.1) is 13.2 Å². The summed E-state index contributed by atoms with van der Waals surface area (Å²) in [7, 11) is 0. The monoisotopic (exact) mass is 272 g/mol. The Labute approximate surface area is 116 Å². The van der Waals surface area contributed by atoms with Gasteiger partial charge in [-0.2, -0.15) is 0 Å². The van der Waals surface area contributed by atoms with Gasteiger partial charge >= 0.3 is 0 Å². The molecular weight excluding hydrogens is 256 g/mol. The predicted molar refractivity (Wildman–Crippen MR) is 75.3 cm³/mol. The highest BCUT2D eigenvalue weighted by Gasteiger charge is 2.21. The number of nitrogens with one attached hydrogen (secondary N) is 3. The van der Waals surface area contributed by atoms with Crippen molar-refractivity contribution in [1.29, 1.82) is 0 Å². The molecular formula is C14H16N4O2. The van der Waals surface area contributed by atoms with Crippen LogP contribution in [0.1, 0.15) is 0 Å². The molecule has 6 heteroatoms. The lowest BCUT2D eigenvalue weighted by atomic mass is 10.2. The van der Waals surface area contributed by atoms with Crippen molar-refractivity contribution >= 4 is 11.6 Å². The molecule has 2 aromatic rings. The number of carbonyl (C=O) groups is 1. The third kappa shape index (κ3) is 2.87. The van der Waals surface area contributed by atoms with Crippen molar-refractivity contribution in [3.63, 3.8) is 0 Å². The molecule has 3 N–H and O–H groups in total. The highest BCUT2D eigenvalue weighted by molar-refractivity contribution is 5.95. The van der Waals surface area contributed by atoms with Crippen LogP contribution in [0.3, 0.4) is 0 Å². The molecule has 6 nitrogen and oxygen atoms in total. The van der Waals surface area contributed by atoms with E-state index in [1.165, 1.54) is 0 Å². The molecule has 3 rings (SSSR count). The second kappa shape index (κ2) is 5.85. The average Bonchev–Trinajstić information content (AvgIpc) is 3.03. The third-order valence-electron chi connectivity index (χ3n) is 3.14. The van der Waals surface area contributed by atoms with Gasteiger partial charge in [-0.1, -0.05) is 12.1 Å². The van der Waals surface area contributed by atoms with Gasteiger partial charge < -0.3 is 20.4 Å². The van der Waals surface area contributed by atoms with Crippen molar-refractivity contribution < 1.29 is 9.53 Å². The number of rotatable bonds is 3. The number of ether oxygens (including phenoxy) is 1. The van der Waals surface area contributed by atoms with Crippen LogP contribution < -0.4 is 10.6 Å². The Morgan fingerprint density at radius 3 is 3.15 bits per heavy atom. The lowest BCUT2D eigenvalue weighted by Crippen LogP contribution is -2.48. The fourth-order valence-electron chi connectivity index (χ4n) is 2.13. The SMILES string of the molecule is O=C(Nc1cccc(-c2ncc[nH]2)c1)C1COCCN1. The number of anilines is 1. The van der Waals surface area contributed by atoms with Gasteiger partial charge in [0.1, 0.15) is 11.9 Å². The molecule has 1 aromatic heterocycles. The van der Waals surface area contributed by atoms with E-state index in [1.807, 2.05) is 24.3 Å². The molecule has 0 radical (unpaired) electrons. The Morgan fingerprint density at radius 2 is 2.40 bits per heavy atom. The Morgan fingerprint density at radius 1 is 1.45 bits per heavy atom. The first-order chi connectivity index (χ1) is 9.83. The minimum absolute atomic E-state index is 0.0821. The number of H-pyrrole nitrogens is 1. The smallest absolute Gasteiger partial charge is 0.243 e. The number of benzene rings is 1. The first-order valence-electron chi connectivity index (χ1n) is 6.55. The molecule has 1 atom stereocenters. The van der Waals surface area contributed by atoms with Gasteiger partial charge in [0.25, 0.3) is 0 Å². The van der Waals surface area contributed by atoms with Gasteiger partial charge in [-0.25, -0.2) is 4.98 Å². The number of aromatic amines is 1. The van der Waals surface area contributed by atoms with E-state index in [0.717, 1.165) is 17.1 Å². The van der Waals surface area contributed by atoms with Crippen LogP contribution >= 0.6 is 0 Å². The largest absolute Gasteiger partial charge is 0.378 e. The maximum atomic E-state index is 12.1. The van der Waals surface area contributed by atoms with E-state index >= 15 is 0 Å². The van der Waals surface area contributed by atoms with E-state index in [2.05, 4.69) is 20.6 Å². The fraction of sp³-hybridized carbons (Fsp3) is 0.286. The summed E-state index contributed by atoms with van der Waals surface area (Å²) in [6, 6.07) is 7.28. The Kier molecular flexibility index (Phi) is 3.76. The summed E-state index contributed by atoms with van der Waals surface area (Å²) in [4.78, 5) is 19.3. The number of hydrogen-bond donors (Lipinski definition) is 3. The number of hydrogen-bond acceptors (Lipinski definition) is 4. The average molecular weight is 272 g/mol. The van der Waals surface area contributed by atoms with Crippen molar-refractivity contribution in [2.24, 2.45) is 0 Å². The molecule has 0 saturated carbocycles. The van der Waals surface area contributed by atoms with Gasteiger partial charge in [-0.3, -0.25) is 4.79 Å². The Bertz CT molecular complexity index is 577. The molecule has 2 heterocycles. The van der Waals surface area contributed by atoms with E-state index in [4.69, 9.17) is 4.74 Å². The summed E-state index contributed by atoms with van der Waals surface area (Å²) < 4.78 is 5.29. The normalized spacial score (nSPS) is 18.7. The molecule has 20 heavy (non-hydrogen) atoms. The second-order valence-corrected chi connectivity index (χ2v) is 4.59. The van der Waals surface area contributed by atoms with Crippen LogP contribution in [0, 0.1) is 0 Å². The van der Waals surface area contributed by atoms with E-state index < -0.39 is 0 Å². The first-order valence-corrected chi connectivity index (χ1v) is 6.55. The molecule has 1 aliphatic rings. The van der Waals surface area contributed by atoms with Gasteiger partial charge in [-0.05, 0) is 12.1 Å². The maximum absolute atomic E-state index is 12.1. The van der Waals surface area contributed by atoms with Crippen molar-refractivity contribution in [2.45, 2.75) is 6.04 Å². The standard InChI is InChI=1S/C14H16N4O2/c19-14(12-9-20-7-6-15-12)18-11-3-1-2-10(8-11)13-16-4-5-17-13/h1-5,8,12,15H,6-7,9H2,(H,16,17)(H,18,19). The summed E-state index contributed by atoms with van der Waals surface area (Å²) in [5, 5.41) is 6.02. The number of carbonyl (C=O) groups excluding carboxylic acids is 1. The van der Waals surface area contributed by atoms with Gasteiger partial charge in [0.15, 0.2) is 0 Å². The minimum atomic E-state index is -0.295. The van der Waals surface area contributed by atoms with Crippen molar-refractivity contribution in [3.05, 3.63) is 36.7 Å². The molecule has 0 aliphatic carbocycles. The Balaban J connectivity index is 1.71.